The summed E-state index contributed by atoms with van der Waals surface area (Å²) in [5, 5.41) is 5.14. The van der Waals surface area contributed by atoms with Crippen LogP contribution in [0.4, 0.5) is 4.79 Å². The van der Waals surface area contributed by atoms with Gasteiger partial charge in [-0.3, -0.25) is 33.0 Å². The molecule has 420 valence electrons. The highest BCUT2D eigenvalue weighted by molar-refractivity contribution is 7.47. The van der Waals surface area contributed by atoms with Crippen molar-refractivity contribution >= 4 is 49.5 Å². The van der Waals surface area contributed by atoms with Crippen LogP contribution in [-0.2, 0) is 61.4 Å². The van der Waals surface area contributed by atoms with Gasteiger partial charge in [-0.1, -0.05) is 201 Å². The third kappa shape index (κ3) is 41.8. The zero-order chi connectivity index (χ0) is 52.1. The molecule has 1 heterocycles. The molecule has 0 spiro atoms. The lowest BCUT2D eigenvalue weighted by Crippen LogP contribution is -2.34. The maximum absolute atomic E-state index is 12.8. The first kappa shape index (κ1) is 68.4. The first-order valence-corrected chi connectivity index (χ1v) is 29.1. The maximum atomic E-state index is 12.8. The molecule has 19 heteroatoms. The molecule has 0 bridgehead atoms. The lowest BCUT2D eigenvalue weighted by atomic mass is 10.0. The van der Waals surface area contributed by atoms with Crippen molar-refractivity contribution in [2.45, 2.75) is 259 Å². The van der Waals surface area contributed by atoms with Crippen LogP contribution in [0.15, 0.2) is 0 Å². The van der Waals surface area contributed by atoms with Gasteiger partial charge in [-0.25, -0.2) is 14.2 Å². The van der Waals surface area contributed by atoms with Crippen LogP contribution >= 0.6 is 7.82 Å². The number of esters is 2. The zero-order valence-corrected chi connectivity index (χ0v) is 44.7. The molecule has 4 amide bonds. The van der Waals surface area contributed by atoms with Gasteiger partial charge >= 0.3 is 31.8 Å². The number of hydroxylamine groups is 2. The van der Waals surface area contributed by atoms with Gasteiger partial charge in [-0.05, 0) is 12.8 Å². The summed E-state index contributed by atoms with van der Waals surface area (Å²) in [6.07, 6.45) is 33.5. The monoisotopic (exact) mass is 1050 g/mol. The van der Waals surface area contributed by atoms with E-state index in [0.717, 1.165) is 38.5 Å². The minimum atomic E-state index is -4.70. The SMILES string of the molecule is C.CCCCCCCCCCCCCCCCCC(=O)OC[C@H](COP(=O)(O)OCCNC(=O)OCCNC(=O)CCC(=O)ON1C(=O)CCC1=O)OC(=O)CCCCCCCCCCCCCCCCC. The number of nitrogens with one attached hydrogen (secondary N) is 2. The van der Waals surface area contributed by atoms with Crippen LogP contribution in [0.5, 0.6) is 0 Å². The van der Waals surface area contributed by atoms with Crippen LogP contribution < -0.4 is 10.6 Å². The van der Waals surface area contributed by atoms with Gasteiger partial charge in [-0.15, -0.1) is 5.06 Å². The molecule has 18 nitrogen and oxygen atoms in total. The minimum absolute atomic E-state index is 0. The van der Waals surface area contributed by atoms with Gasteiger partial charge in [0.05, 0.1) is 26.2 Å². The zero-order valence-electron chi connectivity index (χ0n) is 43.8. The molecule has 0 aromatic carbocycles. The minimum Gasteiger partial charge on any atom is -0.462 e. The Hall–Kier alpha value is -3.60. The Morgan fingerprint density at radius 3 is 1.39 bits per heavy atom. The summed E-state index contributed by atoms with van der Waals surface area (Å²) in [5.74, 6) is -3.74. The van der Waals surface area contributed by atoms with Gasteiger partial charge in [0, 0.05) is 38.6 Å². The molecular weight excluding hydrogens is 950 g/mol. The van der Waals surface area contributed by atoms with Crippen molar-refractivity contribution < 1.29 is 71.1 Å². The van der Waals surface area contributed by atoms with E-state index in [2.05, 4.69) is 24.5 Å². The molecule has 72 heavy (non-hydrogen) atoms. The van der Waals surface area contributed by atoms with Crippen molar-refractivity contribution in [3.05, 3.63) is 0 Å². The number of rotatable bonds is 49. The number of imide groups is 1. The fraction of sp³-hybridized carbons (Fsp3) is 0.868. The number of carbonyl (C=O) groups excluding carboxylic acids is 7. The van der Waals surface area contributed by atoms with Gasteiger partial charge in [0.2, 0.25) is 5.91 Å². The second kappa shape index (κ2) is 47.1. The molecule has 2 atom stereocenters. The van der Waals surface area contributed by atoms with E-state index in [1.54, 1.807) is 0 Å². The Balaban J connectivity index is 0.0000504. The normalized spacial score (nSPS) is 13.5. The van der Waals surface area contributed by atoms with Crippen LogP contribution in [0.1, 0.15) is 252 Å². The number of hydrogen-bond donors (Lipinski definition) is 3. The molecule has 1 fully saturated rings. The van der Waals surface area contributed by atoms with Crippen molar-refractivity contribution in [2.24, 2.45) is 0 Å². The molecule has 0 aromatic rings. The summed E-state index contributed by atoms with van der Waals surface area (Å²) in [5.41, 5.74) is 0. The quantitative estimate of drug-likeness (QED) is 0.0169. The predicted molar refractivity (Wildman–Crippen MR) is 277 cm³/mol. The van der Waals surface area contributed by atoms with E-state index >= 15 is 0 Å². The van der Waals surface area contributed by atoms with E-state index < -0.39 is 68.9 Å². The number of unbranched alkanes of at least 4 members (excludes halogenated alkanes) is 28. The number of phosphoric ester groups is 1. The number of carbonyl (C=O) groups is 7. The topological polar surface area (TPSA) is 239 Å². The summed E-state index contributed by atoms with van der Waals surface area (Å²) in [6.45, 7) is 2.50. The van der Waals surface area contributed by atoms with Gasteiger partial charge in [0.15, 0.2) is 6.10 Å². The van der Waals surface area contributed by atoms with Crippen LogP contribution in [0.3, 0.4) is 0 Å². The van der Waals surface area contributed by atoms with E-state index in [9.17, 15) is 43.0 Å². The highest BCUT2D eigenvalue weighted by Crippen LogP contribution is 2.43. The lowest BCUT2D eigenvalue weighted by Gasteiger charge is -2.20. The van der Waals surface area contributed by atoms with Gasteiger partial charge in [-0.2, -0.15) is 0 Å². The number of hydrogen-bond acceptors (Lipinski definition) is 14. The van der Waals surface area contributed by atoms with Crippen molar-refractivity contribution in [2.75, 3.05) is 39.5 Å². The highest BCUT2D eigenvalue weighted by atomic mass is 31.2. The number of alkyl carbamates (subject to hydrolysis) is 1. The molecule has 0 radical (unpaired) electrons. The molecule has 3 N–H and O–H groups in total. The van der Waals surface area contributed by atoms with Crippen LogP contribution in [0, 0.1) is 0 Å². The maximum Gasteiger partial charge on any atom is 0.472 e. The van der Waals surface area contributed by atoms with Crippen LogP contribution in [0.2, 0.25) is 0 Å². The van der Waals surface area contributed by atoms with E-state index in [-0.39, 0.29) is 72.3 Å². The number of phosphoric acid groups is 1. The smallest absolute Gasteiger partial charge is 0.462 e. The van der Waals surface area contributed by atoms with Gasteiger partial charge < -0.3 is 34.6 Å². The van der Waals surface area contributed by atoms with E-state index in [1.165, 1.54) is 141 Å². The Morgan fingerprint density at radius 2 is 0.931 bits per heavy atom. The predicted octanol–water partition coefficient (Wildman–Crippen LogP) is 12.0. The van der Waals surface area contributed by atoms with Gasteiger partial charge in [0.1, 0.15) is 13.2 Å². The van der Waals surface area contributed by atoms with E-state index in [4.69, 9.17) is 28.1 Å². The summed E-state index contributed by atoms with van der Waals surface area (Å²) < 4.78 is 38.6. The lowest BCUT2D eigenvalue weighted by molar-refractivity contribution is -0.197. The van der Waals surface area contributed by atoms with E-state index in [0.29, 0.717) is 17.9 Å². The Morgan fingerprint density at radius 1 is 0.514 bits per heavy atom. The van der Waals surface area contributed by atoms with Gasteiger partial charge in [0.25, 0.3) is 11.8 Å². The largest absolute Gasteiger partial charge is 0.472 e. The Kier molecular flexibility index (Phi) is 44.8. The summed E-state index contributed by atoms with van der Waals surface area (Å²) in [6, 6.07) is 0. The molecule has 0 saturated carbocycles. The van der Waals surface area contributed by atoms with E-state index in [1.807, 2.05) is 0 Å². The Bertz CT molecular complexity index is 1490. The first-order valence-electron chi connectivity index (χ1n) is 27.6. The van der Waals surface area contributed by atoms with Crippen LogP contribution in [-0.4, -0.2) is 97.3 Å². The number of ether oxygens (including phenoxy) is 3. The number of nitrogens with zero attached hydrogens (tertiary/aromatic N) is 1. The van der Waals surface area contributed by atoms with Crippen molar-refractivity contribution in [1.82, 2.24) is 15.7 Å². The molecule has 1 aliphatic rings. The third-order valence-corrected chi connectivity index (χ3v) is 13.1. The second-order valence-electron chi connectivity index (χ2n) is 18.7. The van der Waals surface area contributed by atoms with Crippen LogP contribution in [0.25, 0.3) is 0 Å². The molecule has 1 unspecified atom stereocenters. The standard InChI is InChI=1S/C52H94N3O15P.CH4/c1-3-5-7-9-11-13-15-17-19-21-23-25-27-29-31-33-49(59)66-43-45(69-50(60)34-32-30-28-26-24-22-20-18-16-14-12-10-8-6-4-2)44-68-71(63,64)67-42-40-54-52(62)65-41-39-53-46(56)35-38-51(61)70-55-47(57)36-37-48(55)58;/h45H,3-44H2,1-2H3,(H,53,56)(H,54,62)(H,63,64);1H4/t45-;/m1./s1. The number of amides is 4. The fourth-order valence-corrected chi connectivity index (χ4v) is 8.67. The molecule has 0 aliphatic carbocycles. The van der Waals surface area contributed by atoms with Crippen molar-refractivity contribution in [3.63, 3.8) is 0 Å². The molecule has 1 rings (SSSR count). The molecular formula is C53H98N3O15P. The van der Waals surface area contributed by atoms with Crippen molar-refractivity contribution in [3.8, 4) is 0 Å². The Labute approximate surface area is 433 Å². The van der Waals surface area contributed by atoms with Crippen molar-refractivity contribution in [1.29, 1.82) is 0 Å². The third-order valence-electron chi connectivity index (χ3n) is 12.2. The molecule has 0 aromatic heterocycles. The average molecular weight is 1050 g/mol. The summed E-state index contributed by atoms with van der Waals surface area (Å²) in [4.78, 5) is 99.4. The first-order chi connectivity index (χ1) is 34.4. The molecule has 1 saturated heterocycles. The summed E-state index contributed by atoms with van der Waals surface area (Å²) >= 11 is 0. The summed E-state index contributed by atoms with van der Waals surface area (Å²) in [7, 11) is -4.70. The highest BCUT2D eigenvalue weighted by Gasteiger charge is 2.33. The fourth-order valence-electron chi connectivity index (χ4n) is 7.92. The second-order valence-corrected chi connectivity index (χ2v) is 20.2. The average Bonchev–Trinajstić information content (AvgIpc) is 3.66. The molecule has 1 aliphatic heterocycles.